The van der Waals surface area contributed by atoms with Crippen molar-refractivity contribution in [3.63, 3.8) is 0 Å². The Morgan fingerprint density at radius 2 is 1.59 bits per heavy atom. The molecule has 152 valence electrons. The van der Waals surface area contributed by atoms with Crippen LogP contribution in [0.4, 0.5) is 5.69 Å². The fraction of sp³-hybridized carbons (Fsp3) is 0.200. The molecule has 0 fully saturated rings. The number of nitrogens with two attached hydrogens (primary N) is 1. The topological polar surface area (TPSA) is 134 Å². The van der Waals surface area contributed by atoms with Crippen LogP contribution >= 0.6 is 0 Å². The van der Waals surface area contributed by atoms with Gasteiger partial charge in [-0.25, -0.2) is 9.59 Å². The van der Waals surface area contributed by atoms with Gasteiger partial charge in [0.25, 0.3) is 11.8 Å². The molecule has 2 aromatic carbocycles. The van der Waals surface area contributed by atoms with E-state index in [4.69, 9.17) is 19.9 Å². The van der Waals surface area contributed by atoms with Crippen LogP contribution in [-0.2, 0) is 19.1 Å². The molecule has 0 spiro atoms. The van der Waals surface area contributed by atoms with Gasteiger partial charge in [0, 0.05) is 0 Å². The summed E-state index contributed by atoms with van der Waals surface area (Å²) in [6.45, 7) is 1.05. The second kappa shape index (κ2) is 10.5. The monoisotopic (exact) mass is 400 g/mol. The normalized spacial score (nSPS) is 9.97. The molecule has 9 heteroatoms. The van der Waals surface area contributed by atoms with E-state index in [0.717, 1.165) is 0 Å². The molecule has 2 aromatic rings. The van der Waals surface area contributed by atoms with Crippen molar-refractivity contribution in [1.29, 1.82) is 0 Å². The van der Waals surface area contributed by atoms with Crippen molar-refractivity contribution >= 4 is 29.4 Å². The van der Waals surface area contributed by atoms with Crippen molar-refractivity contribution in [2.75, 3.05) is 25.1 Å². The van der Waals surface area contributed by atoms with Gasteiger partial charge in [-0.05, 0) is 43.3 Å². The number of para-hydroxylation sites is 1. The van der Waals surface area contributed by atoms with Gasteiger partial charge in [-0.15, -0.1) is 0 Å². The average Bonchev–Trinajstić information content (AvgIpc) is 2.71. The fourth-order valence-electron chi connectivity index (χ4n) is 2.22. The van der Waals surface area contributed by atoms with E-state index in [1.807, 2.05) is 0 Å². The third kappa shape index (κ3) is 6.65. The number of ether oxygens (including phenoxy) is 3. The standard InChI is InChI=1S/C20H20N2O7/c1-2-27-20(26)15-5-3-4-6-16(15)22-18(24)12-29-19(25)13-7-9-14(10-8-13)28-11-17(21)23/h3-10H,2,11-12H2,1H3,(H2,21,23)(H,22,24). The van der Waals surface area contributed by atoms with Crippen LogP contribution in [0.25, 0.3) is 0 Å². The minimum absolute atomic E-state index is 0.191. The first-order valence-electron chi connectivity index (χ1n) is 8.65. The summed E-state index contributed by atoms with van der Waals surface area (Å²) in [7, 11) is 0. The molecule has 0 aliphatic carbocycles. The van der Waals surface area contributed by atoms with Crippen molar-refractivity contribution < 1.29 is 33.4 Å². The number of carbonyl (C=O) groups is 4. The first-order chi connectivity index (χ1) is 13.9. The van der Waals surface area contributed by atoms with E-state index >= 15 is 0 Å². The van der Waals surface area contributed by atoms with Gasteiger partial charge in [-0.3, -0.25) is 9.59 Å². The van der Waals surface area contributed by atoms with Crippen LogP contribution in [0, 0.1) is 0 Å². The lowest BCUT2D eigenvalue weighted by molar-refractivity contribution is -0.120. The summed E-state index contributed by atoms with van der Waals surface area (Å²) >= 11 is 0. The number of hydrogen-bond donors (Lipinski definition) is 2. The second-order valence-electron chi connectivity index (χ2n) is 5.67. The molecule has 9 nitrogen and oxygen atoms in total. The zero-order valence-electron chi connectivity index (χ0n) is 15.7. The number of amides is 2. The van der Waals surface area contributed by atoms with Crippen molar-refractivity contribution in [2.45, 2.75) is 6.92 Å². The Hall–Kier alpha value is -3.88. The van der Waals surface area contributed by atoms with Crippen LogP contribution in [0.15, 0.2) is 48.5 Å². The lowest BCUT2D eigenvalue weighted by Gasteiger charge is -2.11. The zero-order valence-corrected chi connectivity index (χ0v) is 15.7. The van der Waals surface area contributed by atoms with Gasteiger partial charge in [0.1, 0.15) is 5.75 Å². The highest BCUT2D eigenvalue weighted by Crippen LogP contribution is 2.16. The molecular formula is C20H20N2O7. The first-order valence-corrected chi connectivity index (χ1v) is 8.65. The summed E-state index contributed by atoms with van der Waals surface area (Å²) in [6.07, 6.45) is 0. The van der Waals surface area contributed by atoms with Crippen molar-refractivity contribution in [3.05, 3.63) is 59.7 Å². The van der Waals surface area contributed by atoms with Crippen molar-refractivity contribution in [1.82, 2.24) is 0 Å². The largest absolute Gasteiger partial charge is 0.484 e. The van der Waals surface area contributed by atoms with E-state index in [1.165, 1.54) is 36.4 Å². The number of nitrogens with one attached hydrogen (secondary N) is 1. The molecule has 0 saturated carbocycles. The molecule has 0 bridgehead atoms. The lowest BCUT2D eigenvalue weighted by atomic mass is 10.2. The SMILES string of the molecule is CCOC(=O)c1ccccc1NC(=O)COC(=O)c1ccc(OCC(N)=O)cc1. The van der Waals surface area contributed by atoms with Gasteiger partial charge >= 0.3 is 11.9 Å². The van der Waals surface area contributed by atoms with E-state index < -0.39 is 30.4 Å². The Morgan fingerprint density at radius 1 is 0.897 bits per heavy atom. The average molecular weight is 400 g/mol. The Labute approximate surface area is 166 Å². The molecule has 0 saturated heterocycles. The van der Waals surface area contributed by atoms with Gasteiger partial charge in [0.15, 0.2) is 13.2 Å². The Morgan fingerprint density at radius 3 is 2.24 bits per heavy atom. The Bertz CT molecular complexity index is 894. The summed E-state index contributed by atoms with van der Waals surface area (Å²) in [5.74, 6) is -2.17. The Balaban J connectivity index is 1.90. The highest BCUT2D eigenvalue weighted by molar-refractivity contribution is 6.02. The number of esters is 2. The number of anilines is 1. The number of hydrogen-bond acceptors (Lipinski definition) is 7. The molecule has 0 atom stereocenters. The minimum Gasteiger partial charge on any atom is -0.484 e. The van der Waals surface area contributed by atoms with Gasteiger partial charge in [-0.2, -0.15) is 0 Å². The van der Waals surface area contributed by atoms with Gasteiger partial charge in [0.05, 0.1) is 23.4 Å². The smallest absolute Gasteiger partial charge is 0.340 e. The maximum Gasteiger partial charge on any atom is 0.340 e. The molecule has 3 N–H and O–H groups in total. The van der Waals surface area contributed by atoms with Crippen LogP contribution in [0.5, 0.6) is 5.75 Å². The van der Waals surface area contributed by atoms with E-state index in [1.54, 1.807) is 19.1 Å². The van der Waals surface area contributed by atoms with Crippen LogP contribution in [0.3, 0.4) is 0 Å². The van der Waals surface area contributed by atoms with E-state index in [0.29, 0.717) is 5.75 Å². The predicted molar refractivity (Wildman–Crippen MR) is 102 cm³/mol. The van der Waals surface area contributed by atoms with Gasteiger partial charge in [-0.1, -0.05) is 12.1 Å². The summed E-state index contributed by atoms with van der Waals surface area (Å²) in [4.78, 5) is 46.7. The van der Waals surface area contributed by atoms with Crippen LogP contribution in [0.1, 0.15) is 27.6 Å². The van der Waals surface area contributed by atoms with Crippen LogP contribution in [-0.4, -0.2) is 43.6 Å². The molecule has 0 radical (unpaired) electrons. The van der Waals surface area contributed by atoms with Crippen LogP contribution in [0.2, 0.25) is 0 Å². The zero-order chi connectivity index (χ0) is 21.2. The van der Waals surface area contributed by atoms with E-state index in [9.17, 15) is 19.2 Å². The van der Waals surface area contributed by atoms with Crippen molar-refractivity contribution in [3.8, 4) is 5.75 Å². The maximum absolute atomic E-state index is 12.1. The molecule has 0 heterocycles. The summed E-state index contributed by atoms with van der Waals surface area (Å²) in [6, 6.07) is 12.1. The predicted octanol–water partition coefficient (Wildman–Crippen LogP) is 1.52. The molecule has 2 rings (SSSR count). The quantitative estimate of drug-likeness (QED) is 0.610. The first kappa shape index (κ1) is 21.4. The van der Waals surface area contributed by atoms with E-state index in [2.05, 4.69) is 5.32 Å². The molecule has 0 aliphatic rings. The highest BCUT2D eigenvalue weighted by atomic mass is 16.5. The summed E-state index contributed by atoms with van der Waals surface area (Å²) < 4.78 is 15.0. The number of carbonyl (C=O) groups excluding carboxylic acids is 4. The lowest BCUT2D eigenvalue weighted by Crippen LogP contribution is -2.22. The summed E-state index contributed by atoms with van der Waals surface area (Å²) in [5.41, 5.74) is 5.62. The van der Waals surface area contributed by atoms with Gasteiger partial charge < -0.3 is 25.3 Å². The number of rotatable bonds is 9. The third-order valence-corrected chi connectivity index (χ3v) is 3.50. The van der Waals surface area contributed by atoms with E-state index in [-0.39, 0.29) is 30.0 Å². The molecule has 29 heavy (non-hydrogen) atoms. The third-order valence-electron chi connectivity index (χ3n) is 3.50. The minimum atomic E-state index is -0.722. The fourth-order valence-corrected chi connectivity index (χ4v) is 2.22. The van der Waals surface area contributed by atoms with Crippen molar-refractivity contribution in [2.24, 2.45) is 5.73 Å². The second-order valence-corrected chi connectivity index (χ2v) is 5.67. The van der Waals surface area contributed by atoms with Gasteiger partial charge in [0.2, 0.25) is 0 Å². The highest BCUT2D eigenvalue weighted by Gasteiger charge is 2.15. The molecule has 0 unspecified atom stereocenters. The number of benzene rings is 2. The number of primary amides is 1. The summed E-state index contributed by atoms with van der Waals surface area (Å²) in [5, 5.41) is 2.51. The molecule has 2 amide bonds. The van der Waals surface area contributed by atoms with Crippen LogP contribution < -0.4 is 15.8 Å². The molecule has 0 aliphatic heterocycles. The molecule has 0 aromatic heterocycles. The Kier molecular flexibility index (Phi) is 7.72. The maximum atomic E-state index is 12.1. The molecular weight excluding hydrogens is 380 g/mol.